The van der Waals surface area contributed by atoms with Crippen molar-refractivity contribution in [2.24, 2.45) is 5.92 Å². The third-order valence-corrected chi connectivity index (χ3v) is 7.69. The number of hydrogen-bond acceptors (Lipinski definition) is 2. The molecule has 2 heteroatoms. The van der Waals surface area contributed by atoms with Crippen LogP contribution in [0.3, 0.4) is 0 Å². The van der Waals surface area contributed by atoms with Crippen molar-refractivity contribution in [3.8, 4) is 0 Å². The topological polar surface area (TPSA) is 18.5 Å². The molecule has 1 saturated carbocycles. The molecule has 31 heavy (non-hydrogen) atoms. The molecule has 0 bridgehead atoms. The minimum Gasteiger partial charge on any atom is -0.373 e. The van der Waals surface area contributed by atoms with Crippen molar-refractivity contribution in [1.82, 2.24) is 0 Å². The highest BCUT2D eigenvalue weighted by Crippen LogP contribution is 2.38. The van der Waals surface area contributed by atoms with Crippen LogP contribution >= 0.6 is 0 Å². The Kier molecular flexibility index (Phi) is 11.4. The summed E-state index contributed by atoms with van der Waals surface area (Å²) in [5.74, 6) is 1.75. The van der Waals surface area contributed by atoms with Gasteiger partial charge in [0.2, 0.25) is 0 Å². The Morgan fingerprint density at radius 3 is 1.90 bits per heavy atom. The molecule has 1 heterocycles. The number of hydrogen-bond donors (Lipinski definition) is 0. The Morgan fingerprint density at radius 2 is 1.26 bits per heavy atom. The van der Waals surface area contributed by atoms with Gasteiger partial charge in [-0.1, -0.05) is 102 Å². The summed E-state index contributed by atoms with van der Waals surface area (Å²) in [5.41, 5.74) is 2.82. The smallest absolute Gasteiger partial charge is 0.106 e. The zero-order valence-corrected chi connectivity index (χ0v) is 20.5. The van der Waals surface area contributed by atoms with Gasteiger partial charge in [0, 0.05) is 0 Å². The Morgan fingerprint density at radius 1 is 0.645 bits per heavy atom. The normalized spacial score (nSPS) is 26.8. The largest absolute Gasteiger partial charge is 0.373 e. The van der Waals surface area contributed by atoms with E-state index in [-0.39, 0.29) is 6.10 Å². The summed E-state index contributed by atoms with van der Waals surface area (Å²) in [6.07, 6.45) is 20.9. The van der Waals surface area contributed by atoms with Gasteiger partial charge in [0.25, 0.3) is 0 Å². The molecule has 176 valence electrons. The quantitative estimate of drug-likeness (QED) is 0.292. The lowest BCUT2D eigenvalue weighted by atomic mass is 9.77. The van der Waals surface area contributed by atoms with Crippen LogP contribution in [0.15, 0.2) is 24.3 Å². The summed E-state index contributed by atoms with van der Waals surface area (Å²) < 4.78 is 12.3. The van der Waals surface area contributed by atoms with Gasteiger partial charge in [0.15, 0.2) is 0 Å². The molecule has 2 unspecified atom stereocenters. The standard InChI is InChI=1S/C29H48O2/c1-3-5-7-9-11-13-28-22-31-29(23-30-28)27-20-18-26(19-21-27)25-16-14-24(15-17-25)12-10-8-6-4-2/h18-21,24-25,28-29H,3-17,22-23H2,1-2H3. The molecule has 0 radical (unpaired) electrons. The highest BCUT2D eigenvalue weighted by molar-refractivity contribution is 5.27. The van der Waals surface area contributed by atoms with Crippen LogP contribution < -0.4 is 0 Å². The average Bonchev–Trinajstić information content (AvgIpc) is 2.83. The van der Waals surface area contributed by atoms with Gasteiger partial charge in [-0.2, -0.15) is 0 Å². The van der Waals surface area contributed by atoms with E-state index in [1.807, 2.05) is 0 Å². The predicted molar refractivity (Wildman–Crippen MR) is 132 cm³/mol. The van der Waals surface area contributed by atoms with Crippen molar-refractivity contribution in [3.05, 3.63) is 35.4 Å². The van der Waals surface area contributed by atoms with Crippen molar-refractivity contribution < 1.29 is 9.47 Å². The predicted octanol–water partition coefficient (Wildman–Crippen LogP) is 8.75. The molecule has 2 fully saturated rings. The van der Waals surface area contributed by atoms with E-state index < -0.39 is 0 Å². The molecule has 3 rings (SSSR count). The van der Waals surface area contributed by atoms with E-state index in [0.717, 1.165) is 24.9 Å². The minimum absolute atomic E-state index is 0.115. The van der Waals surface area contributed by atoms with Crippen molar-refractivity contribution >= 4 is 0 Å². The van der Waals surface area contributed by atoms with Gasteiger partial charge >= 0.3 is 0 Å². The van der Waals surface area contributed by atoms with E-state index in [0.29, 0.717) is 12.7 Å². The van der Waals surface area contributed by atoms with Gasteiger partial charge in [0.05, 0.1) is 19.3 Å². The molecule has 2 nitrogen and oxygen atoms in total. The third-order valence-electron chi connectivity index (χ3n) is 7.69. The lowest BCUT2D eigenvalue weighted by Crippen LogP contribution is -2.31. The van der Waals surface area contributed by atoms with Crippen molar-refractivity contribution in [2.45, 2.75) is 128 Å². The second-order valence-corrected chi connectivity index (χ2v) is 10.2. The van der Waals surface area contributed by atoms with Crippen molar-refractivity contribution in [3.63, 3.8) is 0 Å². The van der Waals surface area contributed by atoms with E-state index in [4.69, 9.17) is 9.47 Å². The maximum atomic E-state index is 6.18. The molecular formula is C29H48O2. The first-order valence-electron chi connectivity index (χ1n) is 13.6. The number of unbranched alkanes of at least 4 members (excludes halogenated alkanes) is 7. The fraction of sp³-hybridized carbons (Fsp3) is 0.793. The van der Waals surface area contributed by atoms with Crippen molar-refractivity contribution in [1.29, 1.82) is 0 Å². The first-order valence-corrected chi connectivity index (χ1v) is 13.6. The van der Waals surface area contributed by atoms with Gasteiger partial charge in [-0.25, -0.2) is 0 Å². The molecule has 2 aliphatic rings. The maximum absolute atomic E-state index is 6.18. The molecule has 1 aromatic carbocycles. The van der Waals surface area contributed by atoms with E-state index in [1.165, 1.54) is 101 Å². The monoisotopic (exact) mass is 428 g/mol. The van der Waals surface area contributed by atoms with Gasteiger partial charge in [-0.05, 0) is 55.1 Å². The zero-order chi connectivity index (χ0) is 21.7. The van der Waals surface area contributed by atoms with E-state index in [1.54, 1.807) is 0 Å². The molecule has 0 spiro atoms. The van der Waals surface area contributed by atoms with Crippen LogP contribution in [0.1, 0.15) is 133 Å². The van der Waals surface area contributed by atoms with Gasteiger partial charge in [-0.15, -0.1) is 0 Å². The van der Waals surface area contributed by atoms with Crippen LogP contribution in [-0.4, -0.2) is 19.3 Å². The van der Waals surface area contributed by atoms with Crippen LogP contribution in [0.25, 0.3) is 0 Å². The Hall–Kier alpha value is -0.860. The first-order chi connectivity index (χ1) is 15.3. The summed E-state index contributed by atoms with van der Waals surface area (Å²) in [6.45, 7) is 6.04. The van der Waals surface area contributed by atoms with Gasteiger partial charge in [-0.3, -0.25) is 0 Å². The highest BCUT2D eigenvalue weighted by Gasteiger charge is 2.25. The van der Waals surface area contributed by atoms with Crippen LogP contribution in [0.4, 0.5) is 0 Å². The molecule has 1 saturated heterocycles. The minimum atomic E-state index is 0.115. The number of ether oxygens (including phenoxy) is 2. The van der Waals surface area contributed by atoms with E-state index >= 15 is 0 Å². The zero-order valence-electron chi connectivity index (χ0n) is 20.5. The second kappa shape index (κ2) is 14.3. The fourth-order valence-electron chi connectivity index (χ4n) is 5.50. The van der Waals surface area contributed by atoms with Crippen LogP contribution in [0.5, 0.6) is 0 Å². The van der Waals surface area contributed by atoms with Crippen LogP contribution in [-0.2, 0) is 9.47 Å². The third kappa shape index (κ3) is 8.54. The Balaban J connectivity index is 1.34. The number of rotatable bonds is 13. The highest BCUT2D eigenvalue weighted by atomic mass is 16.6. The summed E-state index contributed by atoms with van der Waals surface area (Å²) in [7, 11) is 0. The Labute approximate surface area is 192 Å². The molecule has 1 aliphatic heterocycles. The summed E-state index contributed by atoms with van der Waals surface area (Å²) >= 11 is 0. The van der Waals surface area contributed by atoms with E-state index in [9.17, 15) is 0 Å². The molecule has 0 N–H and O–H groups in total. The first kappa shape index (κ1) is 24.8. The molecule has 0 amide bonds. The summed E-state index contributed by atoms with van der Waals surface area (Å²) in [6, 6.07) is 9.33. The molecular weight excluding hydrogens is 380 g/mol. The average molecular weight is 429 g/mol. The second-order valence-electron chi connectivity index (χ2n) is 10.2. The molecule has 0 aromatic heterocycles. The van der Waals surface area contributed by atoms with Crippen molar-refractivity contribution in [2.75, 3.05) is 13.2 Å². The SMILES string of the molecule is CCCCCCCC1COC(c2ccc(C3CCC(CCCCCC)CC3)cc2)CO1. The molecule has 1 aliphatic carbocycles. The fourth-order valence-corrected chi connectivity index (χ4v) is 5.50. The summed E-state index contributed by atoms with van der Waals surface area (Å²) in [4.78, 5) is 0. The number of benzene rings is 1. The van der Waals surface area contributed by atoms with Gasteiger partial charge < -0.3 is 9.47 Å². The molecule has 2 atom stereocenters. The lowest BCUT2D eigenvalue weighted by Gasteiger charge is -2.31. The lowest BCUT2D eigenvalue weighted by molar-refractivity contribution is -0.137. The molecule has 1 aromatic rings. The van der Waals surface area contributed by atoms with Crippen LogP contribution in [0.2, 0.25) is 0 Å². The van der Waals surface area contributed by atoms with E-state index in [2.05, 4.69) is 38.1 Å². The Bertz CT molecular complexity index is 565. The summed E-state index contributed by atoms with van der Waals surface area (Å²) in [5, 5.41) is 0. The maximum Gasteiger partial charge on any atom is 0.106 e. The van der Waals surface area contributed by atoms with Crippen LogP contribution in [0, 0.1) is 5.92 Å². The van der Waals surface area contributed by atoms with Gasteiger partial charge in [0.1, 0.15) is 6.10 Å².